The van der Waals surface area contributed by atoms with Crippen LogP contribution in [-0.2, 0) is 0 Å². The van der Waals surface area contributed by atoms with Crippen molar-refractivity contribution in [3.63, 3.8) is 0 Å². The first-order valence-electron chi connectivity index (χ1n) is 5.78. The minimum atomic E-state index is -0.0111. The minimum absolute atomic E-state index is 0.0111. The van der Waals surface area contributed by atoms with Crippen molar-refractivity contribution in [3.8, 4) is 0 Å². The summed E-state index contributed by atoms with van der Waals surface area (Å²) in [6.45, 7) is 5.87. The van der Waals surface area contributed by atoms with Crippen molar-refractivity contribution < 1.29 is 5.21 Å². The van der Waals surface area contributed by atoms with Crippen LogP contribution in [0.4, 0.5) is 5.82 Å². The number of nitrogens with zero attached hydrogens (tertiary/aromatic N) is 4. The SMILES string of the molecule is CCCCN(CC)c1nccnc1C(N)=NO. The van der Waals surface area contributed by atoms with E-state index in [-0.39, 0.29) is 5.84 Å². The largest absolute Gasteiger partial charge is 0.409 e. The Labute approximate surface area is 101 Å². The molecule has 1 rings (SSSR count). The van der Waals surface area contributed by atoms with E-state index in [1.165, 1.54) is 6.20 Å². The summed E-state index contributed by atoms with van der Waals surface area (Å²) in [6.07, 6.45) is 5.32. The molecule has 0 unspecified atom stereocenters. The first kappa shape index (κ1) is 13.2. The lowest BCUT2D eigenvalue weighted by molar-refractivity contribution is 0.318. The summed E-state index contributed by atoms with van der Waals surface area (Å²) in [4.78, 5) is 10.4. The zero-order valence-corrected chi connectivity index (χ0v) is 10.3. The topological polar surface area (TPSA) is 87.6 Å². The number of oxime groups is 1. The van der Waals surface area contributed by atoms with Crippen molar-refractivity contribution in [1.29, 1.82) is 0 Å². The number of anilines is 1. The summed E-state index contributed by atoms with van der Waals surface area (Å²) >= 11 is 0. The monoisotopic (exact) mass is 237 g/mol. The molecule has 1 heterocycles. The van der Waals surface area contributed by atoms with Gasteiger partial charge in [0.2, 0.25) is 0 Å². The van der Waals surface area contributed by atoms with Gasteiger partial charge in [0.05, 0.1) is 0 Å². The van der Waals surface area contributed by atoms with Crippen LogP contribution in [0.5, 0.6) is 0 Å². The summed E-state index contributed by atoms with van der Waals surface area (Å²) in [5, 5.41) is 11.7. The third-order valence-corrected chi connectivity index (χ3v) is 2.49. The number of nitrogens with two attached hydrogens (primary N) is 1. The van der Waals surface area contributed by atoms with E-state index in [9.17, 15) is 0 Å². The molecule has 0 radical (unpaired) electrons. The third-order valence-electron chi connectivity index (χ3n) is 2.49. The molecular weight excluding hydrogens is 218 g/mol. The Balaban J connectivity index is 3.01. The summed E-state index contributed by atoms with van der Waals surface area (Å²) in [7, 11) is 0. The molecule has 1 aromatic rings. The fourth-order valence-corrected chi connectivity index (χ4v) is 1.55. The molecule has 0 aliphatic heterocycles. The molecule has 0 aliphatic rings. The number of aromatic nitrogens is 2. The summed E-state index contributed by atoms with van der Waals surface area (Å²) in [5.41, 5.74) is 6.01. The van der Waals surface area contributed by atoms with Crippen LogP contribution in [0, 0.1) is 0 Å². The number of hydrogen-bond donors (Lipinski definition) is 2. The van der Waals surface area contributed by atoms with Gasteiger partial charge < -0.3 is 15.8 Å². The number of unbranched alkanes of at least 4 members (excludes halogenated alkanes) is 1. The molecule has 0 amide bonds. The van der Waals surface area contributed by atoms with Gasteiger partial charge in [-0.05, 0) is 13.3 Å². The van der Waals surface area contributed by atoms with Crippen molar-refractivity contribution in [2.24, 2.45) is 10.9 Å². The van der Waals surface area contributed by atoms with E-state index in [2.05, 4.69) is 26.9 Å². The van der Waals surface area contributed by atoms with Gasteiger partial charge in [0.1, 0.15) is 0 Å². The first-order valence-corrected chi connectivity index (χ1v) is 5.78. The first-order chi connectivity index (χ1) is 8.24. The summed E-state index contributed by atoms with van der Waals surface area (Å²) in [5.74, 6) is 0.654. The number of hydrogen-bond acceptors (Lipinski definition) is 5. The molecule has 6 nitrogen and oxygen atoms in total. The smallest absolute Gasteiger partial charge is 0.192 e. The Morgan fingerprint density at radius 3 is 2.71 bits per heavy atom. The van der Waals surface area contributed by atoms with E-state index in [4.69, 9.17) is 10.9 Å². The Morgan fingerprint density at radius 2 is 2.12 bits per heavy atom. The van der Waals surface area contributed by atoms with Crippen molar-refractivity contribution in [2.45, 2.75) is 26.7 Å². The van der Waals surface area contributed by atoms with Gasteiger partial charge in [-0.15, -0.1) is 0 Å². The summed E-state index contributed by atoms with van der Waals surface area (Å²) < 4.78 is 0. The molecule has 17 heavy (non-hydrogen) atoms. The highest BCUT2D eigenvalue weighted by Gasteiger charge is 2.14. The molecule has 0 fully saturated rings. The van der Waals surface area contributed by atoms with E-state index in [1.807, 2.05) is 6.92 Å². The summed E-state index contributed by atoms with van der Waals surface area (Å²) in [6, 6.07) is 0. The van der Waals surface area contributed by atoms with Crippen LogP contribution in [0.2, 0.25) is 0 Å². The zero-order chi connectivity index (χ0) is 12.7. The Morgan fingerprint density at radius 1 is 1.41 bits per heavy atom. The van der Waals surface area contributed by atoms with Crippen LogP contribution in [0.1, 0.15) is 32.4 Å². The van der Waals surface area contributed by atoms with Gasteiger partial charge in [-0.1, -0.05) is 18.5 Å². The number of rotatable bonds is 6. The standard InChI is InChI=1S/C11H19N5O/c1-3-5-8-16(4-2)11-9(10(12)15-17)13-6-7-14-11/h6-7,17H,3-5,8H2,1-2H3,(H2,12,15). The highest BCUT2D eigenvalue weighted by Crippen LogP contribution is 2.15. The van der Waals surface area contributed by atoms with E-state index in [0.717, 1.165) is 25.9 Å². The van der Waals surface area contributed by atoms with Crippen molar-refractivity contribution >= 4 is 11.7 Å². The third kappa shape index (κ3) is 3.30. The molecule has 0 bridgehead atoms. The van der Waals surface area contributed by atoms with E-state index in [0.29, 0.717) is 11.5 Å². The Kier molecular flexibility index (Phi) is 5.19. The zero-order valence-electron chi connectivity index (χ0n) is 10.3. The Bertz CT molecular complexity index is 380. The van der Waals surface area contributed by atoms with Crippen LogP contribution in [0.3, 0.4) is 0 Å². The quantitative estimate of drug-likeness (QED) is 0.336. The molecule has 0 aromatic carbocycles. The van der Waals surface area contributed by atoms with Gasteiger partial charge in [-0.25, -0.2) is 9.97 Å². The molecule has 0 saturated carbocycles. The molecule has 0 saturated heterocycles. The highest BCUT2D eigenvalue weighted by molar-refractivity contribution is 5.99. The van der Waals surface area contributed by atoms with Crippen LogP contribution in [0.25, 0.3) is 0 Å². The predicted molar refractivity (Wildman–Crippen MR) is 67.3 cm³/mol. The van der Waals surface area contributed by atoms with Gasteiger partial charge in [-0.2, -0.15) is 0 Å². The van der Waals surface area contributed by atoms with Gasteiger partial charge in [0, 0.05) is 25.5 Å². The highest BCUT2D eigenvalue weighted by atomic mass is 16.4. The average molecular weight is 237 g/mol. The van der Waals surface area contributed by atoms with Crippen LogP contribution >= 0.6 is 0 Å². The molecule has 0 atom stereocenters. The maximum atomic E-state index is 8.72. The molecule has 0 aliphatic carbocycles. The van der Waals surface area contributed by atoms with Gasteiger partial charge in [0.15, 0.2) is 17.3 Å². The van der Waals surface area contributed by atoms with Crippen molar-refractivity contribution in [3.05, 3.63) is 18.1 Å². The molecule has 6 heteroatoms. The second-order valence-electron chi connectivity index (χ2n) is 3.65. The molecule has 0 spiro atoms. The second-order valence-corrected chi connectivity index (χ2v) is 3.65. The lowest BCUT2D eigenvalue weighted by atomic mass is 10.3. The van der Waals surface area contributed by atoms with Crippen molar-refractivity contribution in [1.82, 2.24) is 9.97 Å². The van der Waals surface area contributed by atoms with Crippen LogP contribution in [-0.4, -0.2) is 34.1 Å². The number of amidine groups is 1. The predicted octanol–water partition coefficient (Wildman–Crippen LogP) is 1.20. The molecular formula is C11H19N5O. The van der Waals surface area contributed by atoms with Gasteiger partial charge >= 0.3 is 0 Å². The second kappa shape index (κ2) is 6.67. The maximum Gasteiger partial charge on any atom is 0.192 e. The lowest BCUT2D eigenvalue weighted by Crippen LogP contribution is -2.29. The van der Waals surface area contributed by atoms with E-state index in [1.54, 1.807) is 6.20 Å². The Hall–Kier alpha value is -1.85. The molecule has 3 N–H and O–H groups in total. The van der Waals surface area contributed by atoms with Gasteiger partial charge in [-0.3, -0.25) is 0 Å². The van der Waals surface area contributed by atoms with E-state index >= 15 is 0 Å². The lowest BCUT2D eigenvalue weighted by Gasteiger charge is -2.22. The normalized spacial score (nSPS) is 11.5. The minimum Gasteiger partial charge on any atom is -0.409 e. The average Bonchev–Trinajstić information content (AvgIpc) is 2.39. The van der Waals surface area contributed by atoms with E-state index < -0.39 is 0 Å². The molecule has 94 valence electrons. The maximum absolute atomic E-state index is 8.72. The molecule has 1 aromatic heterocycles. The van der Waals surface area contributed by atoms with Gasteiger partial charge in [0.25, 0.3) is 0 Å². The fourth-order valence-electron chi connectivity index (χ4n) is 1.55. The fraction of sp³-hybridized carbons (Fsp3) is 0.545. The van der Waals surface area contributed by atoms with Crippen LogP contribution in [0.15, 0.2) is 17.5 Å². The van der Waals surface area contributed by atoms with Crippen molar-refractivity contribution in [2.75, 3.05) is 18.0 Å². The van der Waals surface area contributed by atoms with Crippen LogP contribution < -0.4 is 10.6 Å².